The van der Waals surface area contributed by atoms with Crippen molar-refractivity contribution >= 4 is 0 Å². The second-order valence-corrected chi connectivity index (χ2v) is 7.18. The molecule has 0 spiro atoms. The fourth-order valence-electron chi connectivity index (χ4n) is 3.37. The second kappa shape index (κ2) is 9.78. The van der Waals surface area contributed by atoms with Crippen molar-refractivity contribution in [3.63, 3.8) is 0 Å². The van der Waals surface area contributed by atoms with Gasteiger partial charge in [-0.05, 0) is 63.1 Å². The molecule has 0 saturated carbocycles. The average molecular weight is 283 g/mol. The van der Waals surface area contributed by atoms with Gasteiger partial charge in [0, 0.05) is 12.6 Å². The predicted molar refractivity (Wildman–Crippen MR) is 90.2 cm³/mol. The molecule has 1 aliphatic heterocycles. The third-order valence-corrected chi connectivity index (χ3v) is 5.25. The maximum atomic E-state index is 3.78. The van der Waals surface area contributed by atoms with E-state index >= 15 is 0 Å². The minimum atomic E-state index is 0.676. The zero-order valence-electron chi connectivity index (χ0n) is 14.6. The molecule has 20 heavy (non-hydrogen) atoms. The Morgan fingerprint density at radius 1 is 1.10 bits per heavy atom. The molecule has 2 nitrogen and oxygen atoms in total. The number of nitrogens with one attached hydrogen (secondary N) is 1. The molecular formula is C18H38N2. The Morgan fingerprint density at radius 2 is 1.85 bits per heavy atom. The highest BCUT2D eigenvalue weighted by Gasteiger charge is 2.23. The van der Waals surface area contributed by atoms with Gasteiger partial charge in [0.15, 0.2) is 0 Å². The first kappa shape index (κ1) is 18.0. The SMILES string of the molecule is CCCNC(CN1CCCC(C(C)C)CC1)C(C)CC. The first-order valence-corrected chi connectivity index (χ1v) is 9.04. The lowest BCUT2D eigenvalue weighted by Gasteiger charge is -2.31. The van der Waals surface area contributed by atoms with Crippen LogP contribution >= 0.6 is 0 Å². The molecule has 0 amide bonds. The smallest absolute Gasteiger partial charge is 0.0220 e. The zero-order chi connectivity index (χ0) is 15.0. The Bertz CT molecular complexity index is 240. The molecule has 2 heteroatoms. The maximum Gasteiger partial charge on any atom is 0.0220 e. The zero-order valence-corrected chi connectivity index (χ0v) is 14.6. The van der Waals surface area contributed by atoms with Crippen molar-refractivity contribution in [3.8, 4) is 0 Å². The predicted octanol–water partition coefficient (Wildman–Crippen LogP) is 4.16. The number of hydrogen-bond acceptors (Lipinski definition) is 2. The lowest BCUT2D eigenvalue weighted by molar-refractivity contribution is 0.212. The number of likely N-dealkylation sites (tertiary alicyclic amines) is 1. The Kier molecular flexibility index (Phi) is 8.79. The van der Waals surface area contributed by atoms with Gasteiger partial charge >= 0.3 is 0 Å². The highest BCUT2D eigenvalue weighted by Crippen LogP contribution is 2.25. The molecule has 3 unspecified atom stereocenters. The van der Waals surface area contributed by atoms with E-state index in [4.69, 9.17) is 0 Å². The molecule has 120 valence electrons. The fourth-order valence-corrected chi connectivity index (χ4v) is 3.37. The van der Waals surface area contributed by atoms with Gasteiger partial charge in [-0.3, -0.25) is 0 Å². The van der Waals surface area contributed by atoms with Crippen LogP contribution < -0.4 is 5.32 Å². The Hall–Kier alpha value is -0.0800. The largest absolute Gasteiger partial charge is 0.312 e. The molecule has 3 atom stereocenters. The van der Waals surface area contributed by atoms with Gasteiger partial charge in [-0.25, -0.2) is 0 Å². The van der Waals surface area contributed by atoms with E-state index in [9.17, 15) is 0 Å². The van der Waals surface area contributed by atoms with Crippen LogP contribution in [0.5, 0.6) is 0 Å². The van der Waals surface area contributed by atoms with Gasteiger partial charge in [0.1, 0.15) is 0 Å². The van der Waals surface area contributed by atoms with E-state index in [1.54, 1.807) is 0 Å². The van der Waals surface area contributed by atoms with Crippen LogP contribution in [-0.2, 0) is 0 Å². The Balaban J connectivity index is 2.46. The fraction of sp³-hybridized carbons (Fsp3) is 1.00. The van der Waals surface area contributed by atoms with Gasteiger partial charge in [0.05, 0.1) is 0 Å². The van der Waals surface area contributed by atoms with Crippen LogP contribution in [0.1, 0.15) is 66.7 Å². The monoisotopic (exact) mass is 282 g/mol. The van der Waals surface area contributed by atoms with Crippen molar-refractivity contribution in [2.45, 2.75) is 72.8 Å². The van der Waals surface area contributed by atoms with Crippen molar-refractivity contribution in [2.75, 3.05) is 26.2 Å². The summed E-state index contributed by atoms with van der Waals surface area (Å²) in [6.07, 6.45) is 6.75. The standard InChI is InChI=1S/C18H38N2/c1-6-11-19-18(16(5)7-2)14-20-12-8-9-17(10-13-20)15(3)4/h15-19H,6-14H2,1-5H3. The molecule has 1 rings (SSSR count). The molecular weight excluding hydrogens is 244 g/mol. The molecule has 0 aromatic heterocycles. The lowest BCUT2D eigenvalue weighted by Crippen LogP contribution is -2.45. The number of rotatable bonds is 8. The summed E-state index contributed by atoms with van der Waals surface area (Å²) < 4.78 is 0. The summed E-state index contributed by atoms with van der Waals surface area (Å²) in [5.74, 6) is 2.59. The quantitative estimate of drug-likeness (QED) is 0.719. The molecule has 1 aliphatic rings. The van der Waals surface area contributed by atoms with Crippen molar-refractivity contribution in [1.29, 1.82) is 0 Å². The van der Waals surface area contributed by atoms with Crippen molar-refractivity contribution in [1.82, 2.24) is 10.2 Å². The van der Waals surface area contributed by atoms with E-state index in [1.165, 1.54) is 51.7 Å². The van der Waals surface area contributed by atoms with Crippen LogP contribution in [0.4, 0.5) is 0 Å². The Labute approximate surface area is 127 Å². The van der Waals surface area contributed by atoms with Crippen molar-refractivity contribution < 1.29 is 0 Å². The van der Waals surface area contributed by atoms with E-state index in [0.717, 1.165) is 24.3 Å². The molecule has 1 N–H and O–H groups in total. The van der Waals surface area contributed by atoms with Crippen LogP contribution in [-0.4, -0.2) is 37.1 Å². The van der Waals surface area contributed by atoms with Crippen LogP contribution in [0.25, 0.3) is 0 Å². The molecule has 0 aromatic rings. The van der Waals surface area contributed by atoms with Crippen LogP contribution in [0.2, 0.25) is 0 Å². The van der Waals surface area contributed by atoms with Gasteiger partial charge in [-0.15, -0.1) is 0 Å². The number of nitrogens with zero attached hydrogens (tertiary/aromatic N) is 1. The maximum absolute atomic E-state index is 3.78. The normalized spacial score (nSPS) is 24.6. The molecule has 1 heterocycles. The number of hydrogen-bond donors (Lipinski definition) is 1. The van der Waals surface area contributed by atoms with Gasteiger partial charge in [-0.2, -0.15) is 0 Å². The van der Waals surface area contributed by atoms with E-state index in [-0.39, 0.29) is 0 Å². The Morgan fingerprint density at radius 3 is 2.45 bits per heavy atom. The van der Waals surface area contributed by atoms with Gasteiger partial charge < -0.3 is 10.2 Å². The summed E-state index contributed by atoms with van der Waals surface area (Å²) in [5, 5.41) is 3.78. The van der Waals surface area contributed by atoms with Crippen LogP contribution in [0.15, 0.2) is 0 Å². The molecule has 0 aromatic carbocycles. The summed E-state index contributed by atoms with van der Waals surface area (Å²) in [4.78, 5) is 2.72. The minimum Gasteiger partial charge on any atom is -0.312 e. The third-order valence-electron chi connectivity index (χ3n) is 5.25. The van der Waals surface area contributed by atoms with Crippen molar-refractivity contribution in [2.24, 2.45) is 17.8 Å². The van der Waals surface area contributed by atoms with E-state index in [1.807, 2.05) is 0 Å². The summed E-state index contributed by atoms with van der Waals surface area (Å²) in [6, 6.07) is 0.676. The van der Waals surface area contributed by atoms with Crippen molar-refractivity contribution in [3.05, 3.63) is 0 Å². The molecule has 1 fully saturated rings. The van der Waals surface area contributed by atoms with E-state index < -0.39 is 0 Å². The molecule has 0 aliphatic carbocycles. The first-order chi connectivity index (χ1) is 9.58. The summed E-state index contributed by atoms with van der Waals surface area (Å²) in [6.45, 7) is 16.8. The summed E-state index contributed by atoms with van der Waals surface area (Å²) in [5.41, 5.74) is 0. The van der Waals surface area contributed by atoms with Crippen LogP contribution in [0.3, 0.4) is 0 Å². The molecule has 1 saturated heterocycles. The van der Waals surface area contributed by atoms with Crippen LogP contribution in [0, 0.1) is 17.8 Å². The first-order valence-electron chi connectivity index (χ1n) is 9.04. The lowest BCUT2D eigenvalue weighted by atomic mass is 9.89. The summed E-state index contributed by atoms with van der Waals surface area (Å²) in [7, 11) is 0. The highest BCUT2D eigenvalue weighted by molar-refractivity contribution is 4.79. The van der Waals surface area contributed by atoms with Gasteiger partial charge in [0.25, 0.3) is 0 Å². The second-order valence-electron chi connectivity index (χ2n) is 7.18. The molecule has 0 radical (unpaired) electrons. The highest BCUT2D eigenvalue weighted by atomic mass is 15.1. The summed E-state index contributed by atoms with van der Waals surface area (Å²) >= 11 is 0. The van der Waals surface area contributed by atoms with Gasteiger partial charge in [0.2, 0.25) is 0 Å². The third kappa shape index (κ3) is 6.13. The topological polar surface area (TPSA) is 15.3 Å². The average Bonchev–Trinajstić information content (AvgIpc) is 2.68. The van der Waals surface area contributed by atoms with E-state index in [0.29, 0.717) is 6.04 Å². The molecule has 0 bridgehead atoms. The van der Waals surface area contributed by atoms with E-state index in [2.05, 4.69) is 44.8 Å². The van der Waals surface area contributed by atoms with Gasteiger partial charge in [-0.1, -0.05) is 41.0 Å². The minimum absolute atomic E-state index is 0.676.